The van der Waals surface area contributed by atoms with Gasteiger partial charge < -0.3 is 5.73 Å². The maximum atomic E-state index is 12.3. The minimum absolute atomic E-state index is 0.255. The summed E-state index contributed by atoms with van der Waals surface area (Å²) >= 11 is 1.61. The second kappa shape index (κ2) is 7.56. The minimum atomic E-state index is -3.44. The Labute approximate surface area is 119 Å². The van der Waals surface area contributed by atoms with E-state index in [4.69, 9.17) is 5.73 Å². The molecule has 104 valence electrons. The van der Waals surface area contributed by atoms with E-state index in [1.807, 2.05) is 6.26 Å². The lowest BCUT2D eigenvalue weighted by molar-refractivity contribution is 0.488. The Hall–Kier alpha value is -1.00. The summed E-state index contributed by atoms with van der Waals surface area (Å²) in [5.74, 6) is 6.32. The largest absolute Gasteiger partial charge is 0.320 e. The van der Waals surface area contributed by atoms with Crippen molar-refractivity contribution in [2.75, 3.05) is 32.1 Å². The van der Waals surface area contributed by atoms with Gasteiger partial charge in [-0.1, -0.05) is 17.9 Å². The van der Waals surface area contributed by atoms with E-state index < -0.39 is 10.0 Å². The molecule has 0 aliphatic carbocycles. The fraction of sp³-hybridized carbons (Fsp3) is 0.385. The van der Waals surface area contributed by atoms with Gasteiger partial charge in [-0.3, -0.25) is 0 Å². The van der Waals surface area contributed by atoms with Crippen LogP contribution in [0.2, 0.25) is 0 Å². The van der Waals surface area contributed by atoms with Crippen molar-refractivity contribution in [3.05, 3.63) is 29.8 Å². The quantitative estimate of drug-likeness (QED) is 0.823. The molecular weight excluding hydrogens is 280 g/mol. The van der Waals surface area contributed by atoms with Crippen LogP contribution in [0.3, 0.4) is 0 Å². The molecule has 0 aliphatic rings. The lowest BCUT2D eigenvalue weighted by Gasteiger charge is -2.16. The van der Waals surface area contributed by atoms with E-state index in [2.05, 4.69) is 11.8 Å². The van der Waals surface area contributed by atoms with Crippen molar-refractivity contribution < 1.29 is 8.42 Å². The van der Waals surface area contributed by atoms with Crippen LogP contribution in [-0.4, -0.2) is 44.9 Å². The molecule has 0 aliphatic heterocycles. The summed E-state index contributed by atoms with van der Waals surface area (Å²) < 4.78 is 26.0. The molecule has 0 radical (unpaired) electrons. The van der Waals surface area contributed by atoms with Gasteiger partial charge in [0.2, 0.25) is 10.0 Å². The Morgan fingerprint density at radius 2 is 2.16 bits per heavy atom. The SMILES string of the molecule is CSCCN(C)S(=O)(=O)c1cccc(C#CCN)c1. The molecule has 1 aromatic rings. The molecule has 19 heavy (non-hydrogen) atoms. The van der Waals surface area contributed by atoms with Gasteiger partial charge in [0, 0.05) is 24.9 Å². The minimum Gasteiger partial charge on any atom is -0.320 e. The number of hydrogen-bond acceptors (Lipinski definition) is 4. The summed E-state index contributed by atoms with van der Waals surface area (Å²) in [5, 5.41) is 0. The number of hydrogen-bond donors (Lipinski definition) is 1. The molecule has 6 heteroatoms. The highest BCUT2D eigenvalue weighted by atomic mass is 32.2. The lowest BCUT2D eigenvalue weighted by Crippen LogP contribution is -2.29. The van der Waals surface area contributed by atoms with E-state index in [1.165, 1.54) is 4.31 Å². The molecule has 1 rings (SSSR count). The van der Waals surface area contributed by atoms with Crippen molar-refractivity contribution in [2.24, 2.45) is 5.73 Å². The van der Waals surface area contributed by atoms with E-state index in [9.17, 15) is 8.42 Å². The van der Waals surface area contributed by atoms with Crippen molar-refractivity contribution in [3.8, 4) is 11.8 Å². The molecular formula is C13H18N2O2S2. The van der Waals surface area contributed by atoms with E-state index in [1.54, 1.807) is 43.1 Å². The van der Waals surface area contributed by atoms with Crippen molar-refractivity contribution in [2.45, 2.75) is 4.90 Å². The van der Waals surface area contributed by atoms with Gasteiger partial charge in [0.05, 0.1) is 11.4 Å². The van der Waals surface area contributed by atoms with Gasteiger partial charge in [0.15, 0.2) is 0 Å². The van der Waals surface area contributed by atoms with E-state index in [0.29, 0.717) is 12.1 Å². The van der Waals surface area contributed by atoms with Crippen molar-refractivity contribution >= 4 is 21.8 Å². The van der Waals surface area contributed by atoms with Gasteiger partial charge >= 0.3 is 0 Å². The zero-order valence-corrected chi connectivity index (χ0v) is 12.7. The first kappa shape index (κ1) is 16.1. The third kappa shape index (κ3) is 4.55. The Bertz CT molecular complexity index is 574. The van der Waals surface area contributed by atoms with Gasteiger partial charge in [0.1, 0.15) is 0 Å². The molecule has 0 amide bonds. The summed E-state index contributed by atoms with van der Waals surface area (Å²) in [6.45, 7) is 0.743. The molecule has 0 saturated heterocycles. The number of sulfonamides is 1. The lowest BCUT2D eigenvalue weighted by atomic mass is 10.2. The summed E-state index contributed by atoms with van der Waals surface area (Å²) in [5.41, 5.74) is 5.96. The van der Waals surface area contributed by atoms with Crippen LogP contribution in [0, 0.1) is 11.8 Å². The summed E-state index contributed by atoms with van der Waals surface area (Å²) in [6, 6.07) is 6.62. The highest BCUT2D eigenvalue weighted by Crippen LogP contribution is 2.15. The molecule has 0 atom stereocenters. The number of thioether (sulfide) groups is 1. The smallest absolute Gasteiger partial charge is 0.242 e. The number of nitrogens with zero attached hydrogens (tertiary/aromatic N) is 1. The average molecular weight is 298 g/mol. The number of benzene rings is 1. The van der Waals surface area contributed by atoms with Crippen molar-refractivity contribution in [1.82, 2.24) is 4.31 Å². The van der Waals surface area contributed by atoms with Crippen LogP contribution >= 0.6 is 11.8 Å². The highest BCUT2D eigenvalue weighted by molar-refractivity contribution is 7.98. The second-order valence-electron chi connectivity index (χ2n) is 3.85. The average Bonchev–Trinajstić information content (AvgIpc) is 2.42. The third-order valence-electron chi connectivity index (χ3n) is 2.49. The molecule has 4 nitrogen and oxygen atoms in total. The summed E-state index contributed by atoms with van der Waals surface area (Å²) in [7, 11) is -1.85. The van der Waals surface area contributed by atoms with Crippen LogP contribution in [0.25, 0.3) is 0 Å². The molecule has 0 spiro atoms. The van der Waals surface area contributed by atoms with E-state index in [-0.39, 0.29) is 11.4 Å². The normalized spacial score (nSPS) is 11.2. The second-order valence-corrected chi connectivity index (χ2v) is 6.88. The molecule has 0 bridgehead atoms. The maximum Gasteiger partial charge on any atom is 0.242 e. The first-order valence-electron chi connectivity index (χ1n) is 5.76. The van der Waals surface area contributed by atoms with Gasteiger partial charge in [-0.15, -0.1) is 0 Å². The third-order valence-corrected chi connectivity index (χ3v) is 4.93. The monoisotopic (exact) mass is 298 g/mol. The number of nitrogens with two attached hydrogens (primary N) is 1. The van der Waals surface area contributed by atoms with Crippen molar-refractivity contribution in [3.63, 3.8) is 0 Å². The fourth-order valence-corrected chi connectivity index (χ4v) is 3.20. The van der Waals surface area contributed by atoms with Crippen molar-refractivity contribution in [1.29, 1.82) is 0 Å². The van der Waals surface area contributed by atoms with Crippen LogP contribution in [0.15, 0.2) is 29.2 Å². The van der Waals surface area contributed by atoms with E-state index >= 15 is 0 Å². The zero-order chi connectivity index (χ0) is 14.3. The van der Waals surface area contributed by atoms with Crippen LogP contribution < -0.4 is 5.73 Å². The Morgan fingerprint density at radius 3 is 2.79 bits per heavy atom. The molecule has 0 saturated carbocycles. The first-order chi connectivity index (χ1) is 9.02. The predicted molar refractivity (Wildman–Crippen MR) is 80.6 cm³/mol. The van der Waals surface area contributed by atoms with Gasteiger partial charge in [-0.05, 0) is 24.5 Å². The molecule has 0 heterocycles. The Morgan fingerprint density at radius 1 is 1.42 bits per heavy atom. The number of rotatable bonds is 5. The summed E-state index contributed by atoms with van der Waals surface area (Å²) in [4.78, 5) is 0.264. The predicted octanol–water partition coefficient (Wildman–Crippen LogP) is 0.980. The maximum absolute atomic E-state index is 12.3. The molecule has 1 aromatic carbocycles. The first-order valence-corrected chi connectivity index (χ1v) is 8.60. The zero-order valence-electron chi connectivity index (χ0n) is 11.1. The highest BCUT2D eigenvalue weighted by Gasteiger charge is 2.20. The fourth-order valence-electron chi connectivity index (χ4n) is 1.41. The van der Waals surface area contributed by atoms with Gasteiger partial charge in [-0.25, -0.2) is 12.7 Å². The van der Waals surface area contributed by atoms with Crippen LogP contribution in [0.1, 0.15) is 5.56 Å². The molecule has 0 aromatic heterocycles. The van der Waals surface area contributed by atoms with E-state index in [0.717, 1.165) is 5.75 Å². The van der Waals surface area contributed by atoms with Gasteiger partial charge in [0.25, 0.3) is 0 Å². The van der Waals surface area contributed by atoms with Crippen LogP contribution in [0.5, 0.6) is 0 Å². The molecule has 2 N–H and O–H groups in total. The van der Waals surface area contributed by atoms with Crippen LogP contribution in [-0.2, 0) is 10.0 Å². The standard InChI is InChI=1S/C13H18N2O2S2/c1-15(9-10-18-2)19(16,17)13-7-3-5-12(11-13)6-4-8-14/h3,5,7,11H,8-10,14H2,1-2H3. The topological polar surface area (TPSA) is 63.4 Å². The van der Waals surface area contributed by atoms with Gasteiger partial charge in [-0.2, -0.15) is 11.8 Å². The molecule has 0 unspecified atom stereocenters. The summed E-state index contributed by atoms with van der Waals surface area (Å²) in [6.07, 6.45) is 1.95. The van der Waals surface area contributed by atoms with Crippen LogP contribution in [0.4, 0.5) is 0 Å². The Balaban J connectivity index is 3.01. The molecule has 0 fully saturated rings. The Kier molecular flexibility index (Phi) is 6.38.